The molecule has 2 aromatic rings. The van der Waals surface area contributed by atoms with Crippen molar-refractivity contribution in [1.29, 1.82) is 0 Å². The van der Waals surface area contributed by atoms with Crippen molar-refractivity contribution in [3.8, 4) is 11.5 Å². The van der Waals surface area contributed by atoms with Crippen molar-refractivity contribution in [1.82, 2.24) is 0 Å². The van der Waals surface area contributed by atoms with Crippen LogP contribution in [0.2, 0.25) is 0 Å². The molecule has 0 N–H and O–H groups in total. The van der Waals surface area contributed by atoms with Gasteiger partial charge in [0.05, 0.1) is 18.1 Å². The first-order valence-electron chi connectivity index (χ1n) is 6.31. The molecule has 0 spiro atoms. The lowest BCUT2D eigenvalue weighted by Crippen LogP contribution is -2.04. The van der Waals surface area contributed by atoms with Gasteiger partial charge in [-0.05, 0) is 24.3 Å². The minimum atomic E-state index is -0.433. The van der Waals surface area contributed by atoms with Crippen LogP contribution in [-0.4, -0.2) is 18.1 Å². The summed E-state index contributed by atoms with van der Waals surface area (Å²) in [6, 6.07) is 15.6. The first-order chi connectivity index (χ1) is 9.75. The highest BCUT2D eigenvalue weighted by Crippen LogP contribution is 2.17. The lowest BCUT2D eigenvalue weighted by atomic mass is 10.3. The Morgan fingerprint density at radius 1 is 0.850 bits per heavy atom. The Hall–Kier alpha value is -2.56. The molecule has 0 atom stereocenters. The zero-order valence-electron chi connectivity index (χ0n) is 10.9. The van der Waals surface area contributed by atoms with E-state index in [1.54, 1.807) is 12.1 Å². The Morgan fingerprint density at radius 3 is 1.95 bits per heavy atom. The molecule has 5 nitrogen and oxygen atoms in total. The van der Waals surface area contributed by atoms with E-state index in [1.165, 1.54) is 12.1 Å². The molecule has 0 saturated heterocycles. The Kier molecular flexibility index (Phi) is 4.94. The fourth-order valence-electron chi connectivity index (χ4n) is 1.62. The molecule has 0 amide bonds. The summed E-state index contributed by atoms with van der Waals surface area (Å²) in [6.45, 7) is 1.07. The zero-order chi connectivity index (χ0) is 14.2. The van der Waals surface area contributed by atoms with Crippen LogP contribution in [0, 0.1) is 10.1 Å². The van der Waals surface area contributed by atoms with Crippen LogP contribution in [0.5, 0.6) is 11.5 Å². The average molecular weight is 273 g/mol. The van der Waals surface area contributed by atoms with Gasteiger partial charge in [-0.15, -0.1) is 0 Å². The summed E-state index contributed by atoms with van der Waals surface area (Å²) in [7, 11) is 0. The molecule has 2 aromatic carbocycles. The van der Waals surface area contributed by atoms with Gasteiger partial charge >= 0.3 is 0 Å². The van der Waals surface area contributed by atoms with Gasteiger partial charge in [0.25, 0.3) is 5.69 Å². The molecule has 0 radical (unpaired) electrons. The van der Waals surface area contributed by atoms with E-state index in [-0.39, 0.29) is 5.69 Å². The number of para-hydroxylation sites is 1. The van der Waals surface area contributed by atoms with Crippen LogP contribution < -0.4 is 9.47 Å². The molecule has 0 aliphatic carbocycles. The Morgan fingerprint density at radius 2 is 1.40 bits per heavy atom. The molecule has 0 heterocycles. The molecule has 104 valence electrons. The summed E-state index contributed by atoms with van der Waals surface area (Å²) in [5.74, 6) is 1.46. The molecule has 0 aliphatic heterocycles. The molecular formula is C15H15NO4. The number of hydrogen-bond donors (Lipinski definition) is 0. The Balaban J connectivity index is 1.67. The standard InChI is InChI=1S/C15H15NO4/c17-16(18)13-7-9-15(10-8-13)20-12-4-11-19-14-5-2-1-3-6-14/h1-3,5-10H,4,11-12H2. The quantitative estimate of drug-likeness (QED) is 0.440. The van der Waals surface area contributed by atoms with E-state index >= 15 is 0 Å². The van der Waals surface area contributed by atoms with E-state index in [2.05, 4.69) is 0 Å². The van der Waals surface area contributed by atoms with Gasteiger partial charge in [0, 0.05) is 18.6 Å². The topological polar surface area (TPSA) is 61.6 Å². The number of hydrogen-bond acceptors (Lipinski definition) is 4. The van der Waals surface area contributed by atoms with Crippen molar-refractivity contribution >= 4 is 5.69 Å². The molecule has 20 heavy (non-hydrogen) atoms. The predicted octanol–water partition coefficient (Wildman–Crippen LogP) is 3.44. The second kappa shape index (κ2) is 7.13. The summed E-state index contributed by atoms with van der Waals surface area (Å²) < 4.78 is 11.0. The molecule has 2 rings (SSSR count). The number of non-ortho nitro benzene ring substituents is 1. The second-order valence-electron chi connectivity index (χ2n) is 4.11. The van der Waals surface area contributed by atoms with Gasteiger partial charge in [-0.2, -0.15) is 0 Å². The monoisotopic (exact) mass is 273 g/mol. The first kappa shape index (κ1) is 13.9. The third-order valence-electron chi connectivity index (χ3n) is 2.62. The first-order valence-corrected chi connectivity index (χ1v) is 6.31. The van der Waals surface area contributed by atoms with Gasteiger partial charge < -0.3 is 9.47 Å². The van der Waals surface area contributed by atoms with Crippen LogP contribution in [0.4, 0.5) is 5.69 Å². The zero-order valence-corrected chi connectivity index (χ0v) is 10.9. The van der Waals surface area contributed by atoms with Gasteiger partial charge in [0.15, 0.2) is 0 Å². The van der Waals surface area contributed by atoms with Gasteiger partial charge in [0.1, 0.15) is 11.5 Å². The number of rotatable bonds is 7. The fraction of sp³-hybridized carbons (Fsp3) is 0.200. The van der Waals surface area contributed by atoms with Crippen LogP contribution in [-0.2, 0) is 0 Å². The average Bonchev–Trinajstić information content (AvgIpc) is 2.48. The van der Waals surface area contributed by atoms with Gasteiger partial charge in [-0.1, -0.05) is 18.2 Å². The SMILES string of the molecule is O=[N+]([O-])c1ccc(OCCCOc2ccccc2)cc1. The summed E-state index contributed by atoms with van der Waals surface area (Å²) in [5, 5.41) is 10.5. The van der Waals surface area contributed by atoms with Gasteiger partial charge in [-0.25, -0.2) is 0 Å². The van der Waals surface area contributed by atoms with E-state index < -0.39 is 4.92 Å². The summed E-state index contributed by atoms with van der Waals surface area (Å²) in [4.78, 5) is 10.1. The van der Waals surface area contributed by atoms with Gasteiger partial charge in [-0.3, -0.25) is 10.1 Å². The van der Waals surface area contributed by atoms with E-state index in [4.69, 9.17) is 9.47 Å². The van der Waals surface area contributed by atoms with E-state index in [0.29, 0.717) is 19.0 Å². The molecule has 0 bridgehead atoms. The van der Waals surface area contributed by atoms with Crippen LogP contribution in [0.1, 0.15) is 6.42 Å². The number of nitro groups is 1. The Bertz CT molecular complexity index is 540. The maximum Gasteiger partial charge on any atom is 0.269 e. The Labute approximate surface area is 116 Å². The van der Waals surface area contributed by atoms with Crippen LogP contribution in [0.3, 0.4) is 0 Å². The third kappa shape index (κ3) is 4.28. The normalized spacial score (nSPS) is 10.0. The summed E-state index contributed by atoms with van der Waals surface area (Å²) in [6.07, 6.45) is 0.742. The lowest BCUT2D eigenvalue weighted by Gasteiger charge is -2.07. The molecule has 0 saturated carbocycles. The number of nitro benzene ring substituents is 1. The second-order valence-corrected chi connectivity index (χ2v) is 4.11. The molecular weight excluding hydrogens is 258 g/mol. The van der Waals surface area contributed by atoms with E-state index in [9.17, 15) is 10.1 Å². The summed E-state index contributed by atoms with van der Waals surface area (Å²) in [5.41, 5.74) is 0.0600. The van der Waals surface area contributed by atoms with E-state index in [1.807, 2.05) is 30.3 Å². The maximum atomic E-state index is 10.5. The highest BCUT2D eigenvalue weighted by atomic mass is 16.6. The number of ether oxygens (including phenoxy) is 2. The van der Waals surface area contributed by atoms with Crippen molar-refractivity contribution in [2.75, 3.05) is 13.2 Å². The largest absolute Gasteiger partial charge is 0.493 e. The van der Waals surface area contributed by atoms with Crippen molar-refractivity contribution in [3.63, 3.8) is 0 Å². The molecule has 0 fully saturated rings. The number of benzene rings is 2. The van der Waals surface area contributed by atoms with Gasteiger partial charge in [0.2, 0.25) is 0 Å². The van der Waals surface area contributed by atoms with Crippen LogP contribution in [0.15, 0.2) is 54.6 Å². The van der Waals surface area contributed by atoms with Crippen LogP contribution >= 0.6 is 0 Å². The lowest BCUT2D eigenvalue weighted by molar-refractivity contribution is -0.384. The maximum absolute atomic E-state index is 10.5. The fourth-order valence-corrected chi connectivity index (χ4v) is 1.62. The number of nitrogens with zero attached hydrogens (tertiary/aromatic N) is 1. The minimum Gasteiger partial charge on any atom is -0.493 e. The predicted molar refractivity (Wildman–Crippen MR) is 75.1 cm³/mol. The highest BCUT2D eigenvalue weighted by molar-refractivity contribution is 5.35. The van der Waals surface area contributed by atoms with E-state index in [0.717, 1.165) is 12.2 Å². The summed E-state index contributed by atoms with van der Waals surface area (Å²) >= 11 is 0. The van der Waals surface area contributed by atoms with Crippen molar-refractivity contribution in [2.45, 2.75) is 6.42 Å². The smallest absolute Gasteiger partial charge is 0.269 e. The molecule has 0 aliphatic rings. The van der Waals surface area contributed by atoms with Crippen molar-refractivity contribution < 1.29 is 14.4 Å². The van der Waals surface area contributed by atoms with Crippen molar-refractivity contribution in [3.05, 3.63) is 64.7 Å². The molecule has 0 unspecified atom stereocenters. The van der Waals surface area contributed by atoms with Crippen molar-refractivity contribution in [2.24, 2.45) is 0 Å². The molecule has 5 heteroatoms. The van der Waals surface area contributed by atoms with Crippen LogP contribution in [0.25, 0.3) is 0 Å². The third-order valence-corrected chi connectivity index (χ3v) is 2.62. The highest BCUT2D eigenvalue weighted by Gasteiger charge is 2.04. The molecule has 0 aromatic heterocycles. The minimum absolute atomic E-state index is 0.0600.